The molecule has 2 atom stereocenters. The van der Waals surface area contributed by atoms with Gasteiger partial charge < -0.3 is 20.8 Å². The van der Waals surface area contributed by atoms with Crippen molar-refractivity contribution in [3.05, 3.63) is 70.8 Å². The quantitative estimate of drug-likeness (QED) is 0.406. The molecule has 2 aromatic rings. The van der Waals surface area contributed by atoms with Crippen LogP contribution in [0.4, 0.5) is 8.78 Å². The molecule has 0 saturated heterocycles. The monoisotopic (exact) mass is 488 g/mol. The van der Waals surface area contributed by atoms with Gasteiger partial charge in [0, 0.05) is 30.5 Å². The number of nitrogens with one attached hydrogen (secondary N) is 2. The molecule has 35 heavy (non-hydrogen) atoms. The summed E-state index contributed by atoms with van der Waals surface area (Å²) in [4.78, 5) is 11.8. The van der Waals surface area contributed by atoms with Crippen molar-refractivity contribution >= 4 is 5.91 Å². The lowest BCUT2D eigenvalue weighted by atomic mass is 9.74. The van der Waals surface area contributed by atoms with E-state index >= 15 is 0 Å². The van der Waals surface area contributed by atoms with Crippen molar-refractivity contribution in [3.8, 4) is 0 Å². The van der Waals surface area contributed by atoms with Gasteiger partial charge in [-0.3, -0.25) is 4.79 Å². The third-order valence-electron chi connectivity index (χ3n) is 7.18. The third kappa shape index (κ3) is 7.09. The van der Waals surface area contributed by atoms with E-state index in [0.29, 0.717) is 5.56 Å². The van der Waals surface area contributed by atoms with Crippen molar-refractivity contribution in [1.29, 1.82) is 0 Å². The molecule has 1 fully saturated rings. The van der Waals surface area contributed by atoms with E-state index in [1.807, 2.05) is 26.0 Å². The molecule has 3 rings (SSSR count). The molecule has 0 aromatic heterocycles. The third-order valence-corrected chi connectivity index (χ3v) is 7.18. The van der Waals surface area contributed by atoms with E-state index in [0.717, 1.165) is 49.3 Å². The number of halogens is 2. The number of rotatable bonds is 10. The molecule has 4 N–H and O–H groups in total. The van der Waals surface area contributed by atoms with Gasteiger partial charge in [0.1, 0.15) is 11.6 Å². The van der Waals surface area contributed by atoms with Gasteiger partial charge in [-0.05, 0) is 48.1 Å². The highest BCUT2D eigenvalue weighted by Gasteiger charge is 2.35. The molecule has 0 heterocycles. The van der Waals surface area contributed by atoms with Crippen LogP contribution < -0.4 is 10.6 Å². The largest absolute Gasteiger partial charge is 0.395 e. The zero-order chi connectivity index (χ0) is 25.6. The van der Waals surface area contributed by atoms with E-state index in [2.05, 4.69) is 22.8 Å². The number of carbonyl (C=O) groups excluding carboxylic acids is 1. The van der Waals surface area contributed by atoms with Crippen molar-refractivity contribution in [2.24, 2.45) is 0 Å². The van der Waals surface area contributed by atoms with Crippen LogP contribution in [0.3, 0.4) is 0 Å². The first-order valence-electron chi connectivity index (χ1n) is 12.4. The van der Waals surface area contributed by atoms with E-state index < -0.39 is 23.8 Å². The van der Waals surface area contributed by atoms with Crippen molar-refractivity contribution in [1.82, 2.24) is 10.6 Å². The van der Waals surface area contributed by atoms with Crippen LogP contribution in [0.25, 0.3) is 0 Å². The van der Waals surface area contributed by atoms with Gasteiger partial charge in [0.05, 0.1) is 18.8 Å². The van der Waals surface area contributed by atoms with Crippen LogP contribution in [0, 0.1) is 11.6 Å². The van der Waals surface area contributed by atoms with E-state index in [9.17, 15) is 23.8 Å². The number of hydrogen-bond donors (Lipinski definition) is 4. The average Bonchev–Trinajstić information content (AvgIpc) is 2.82. The summed E-state index contributed by atoms with van der Waals surface area (Å²) in [6.07, 6.45) is 4.19. The van der Waals surface area contributed by atoms with Gasteiger partial charge in [-0.1, -0.05) is 57.4 Å². The van der Waals surface area contributed by atoms with Gasteiger partial charge in [0.2, 0.25) is 5.91 Å². The first kappa shape index (κ1) is 27.2. The Morgan fingerprint density at radius 2 is 1.74 bits per heavy atom. The molecule has 7 heteroatoms. The molecule has 2 aromatic carbocycles. The second-order valence-corrected chi connectivity index (χ2v) is 10.5. The SMILES string of the molecule is CC(=O)N[C@@H](Cc1cc(F)cc(F)c1)[C@H](O)CNC1(c2cccc(C(C)(C)CO)c2)CCCCC1. The topological polar surface area (TPSA) is 81.6 Å². The Morgan fingerprint density at radius 1 is 1.09 bits per heavy atom. The molecule has 192 valence electrons. The number of aliphatic hydroxyl groups excluding tert-OH is 2. The second-order valence-electron chi connectivity index (χ2n) is 10.5. The minimum atomic E-state index is -0.971. The highest BCUT2D eigenvalue weighted by molar-refractivity contribution is 5.73. The van der Waals surface area contributed by atoms with E-state index in [4.69, 9.17) is 0 Å². The Balaban J connectivity index is 1.81. The fourth-order valence-electron chi connectivity index (χ4n) is 5.02. The van der Waals surface area contributed by atoms with Crippen LogP contribution in [-0.2, 0) is 22.2 Å². The maximum absolute atomic E-state index is 13.7. The van der Waals surface area contributed by atoms with Crippen LogP contribution >= 0.6 is 0 Å². The molecule has 0 unspecified atom stereocenters. The molecule has 1 aliphatic rings. The minimum absolute atomic E-state index is 0.0364. The molecular weight excluding hydrogens is 450 g/mol. The predicted molar refractivity (Wildman–Crippen MR) is 133 cm³/mol. The van der Waals surface area contributed by atoms with Gasteiger partial charge in [0.25, 0.3) is 0 Å². The predicted octanol–water partition coefficient (Wildman–Crippen LogP) is 4.09. The lowest BCUT2D eigenvalue weighted by molar-refractivity contribution is -0.120. The van der Waals surface area contributed by atoms with Crippen molar-refractivity contribution in [2.75, 3.05) is 13.2 Å². The van der Waals surface area contributed by atoms with Crippen LogP contribution in [0.2, 0.25) is 0 Å². The number of amides is 1. The Hall–Kier alpha value is -2.35. The fourth-order valence-corrected chi connectivity index (χ4v) is 5.02. The number of aliphatic hydroxyl groups is 2. The Labute approximate surface area is 207 Å². The lowest BCUT2D eigenvalue weighted by Crippen LogP contribution is -2.53. The maximum Gasteiger partial charge on any atom is 0.217 e. The average molecular weight is 489 g/mol. The van der Waals surface area contributed by atoms with E-state index in [1.54, 1.807) is 0 Å². The van der Waals surface area contributed by atoms with Crippen molar-refractivity contribution in [2.45, 2.75) is 82.4 Å². The number of hydrogen-bond acceptors (Lipinski definition) is 4. The molecule has 0 aliphatic heterocycles. The summed E-state index contributed by atoms with van der Waals surface area (Å²) in [5, 5.41) is 27.3. The standard InChI is InChI=1S/C28H38F2N2O3/c1-19(34)32-25(14-20-12-23(29)16-24(30)13-20)26(35)17-31-28(10-5-4-6-11-28)22-9-7-8-21(15-22)27(2,3)18-33/h7-9,12-13,15-16,25-26,31,33,35H,4-6,10-11,14,17-18H2,1-3H3,(H,32,34)/t25-,26+/m0/s1. The Morgan fingerprint density at radius 3 is 2.34 bits per heavy atom. The first-order chi connectivity index (χ1) is 16.5. The molecule has 1 aliphatic carbocycles. The first-order valence-corrected chi connectivity index (χ1v) is 12.4. The Bertz CT molecular complexity index is 985. The van der Waals surface area contributed by atoms with Gasteiger partial charge in [0.15, 0.2) is 0 Å². The summed E-state index contributed by atoms with van der Waals surface area (Å²) in [6, 6.07) is 10.8. The summed E-state index contributed by atoms with van der Waals surface area (Å²) in [5.41, 5.74) is 1.82. The number of benzene rings is 2. The minimum Gasteiger partial charge on any atom is -0.395 e. The van der Waals surface area contributed by atoms with Crippen LogP contribution in [0.15, 0.2) is 42.5 Å². The highest BCUT2D eigenvalue weighted by atomic mass is 19.1. The smallest absolute Gasteiger partial charge is 0.217 e. The molecule has 0 radical (unpaired) electrons. The van der Waals surface area contributed by atoms with Crippen LogP contribution in [0.5, 0.6) is 0 Å². The normalized spacial score (nSPS) is 17.6. The van der Waals surface area contributed by atoms with Crippen LogP contribution in [0.1, 0.15) is 69.6 Å². The van der Waals surface area contributed by atoms with Gasteiger partial charge >= 0.3 is 0 Å². The molecule has 5 nitrogen and oxygen atoms in total. The summed E-state index contributed by atoms with van der Waals surface area (Å²) in [6.45, 7) is 5.61. The van der Waals surface area contributed by atoms with E-state index in [-0.39, 0.29) is 36.4 Å². The summed E-state index contributed by atoms with van der Waals surface area (Å²) in [7, 11) is 0. The highest BCUT2D eigenvalue weighted by Crippen LogP contribution is 2.38. The maximum atomic E-state index is 13.7. The summed E-state index contributed by atoms with van der Waals surface area (Å²) < 4.78 is 27.4. The molecule has 1 saturated carbocycles. The fraction of sp³-hybridized carbons (Fsp3) is 0.536. The zero-order valence-electron chi connectivity index (χ0n) is 20.9. The van der Waals surface area contributed by atoms with E-state index in [1.165, 1.54) is 19.1 Å². The molecule has 0 spiro atoms. The van der Waals surface area contributed by atoms with Crippen LogP contribution in [-0.4, -0.2) is 41.4 Å². The van der Waals surface area contributed by atoms with Gasteiger partial charge in [-0.25, -0.2) is 8.78 Å². The van der Waals surface area contributed by atoms with Crippen molar-refractivity contribution in [3.63, 3.8) is 0 Å². The molecule has 0 bridgehead atoms. The van der Waals surface area contributed by atoms with Gasteiger partial charge in [-0.15, -0.1) is 0 Å². The molecule has 1 amide bonds. The number of carbonyl (C=O) groups is 1. The van der Waals surface area contributed by atoms with Gasteiger partial charge in [-0.2, -0.15) is 0 Å². The summed E-state index contributed by atoms with van der Waals surface area (Å²) >= 11 is 0. The summed E-state index contributed by atoms with van der Waals surface area (Å²) in [5.74, 6) is -1.71. The zero-order valence-corrected chi connectivity index (χ0v) is 20.9. The Kier molecular flexibility index (Phi) is 9.02. The second kappa shape index (κ2) is 11.6. The molecular formula is C28H38F2N2O3. The van der Waals surface area contributed by atoms with Crippen molar-refractivity contribution < 1.29 is 23.8 Å². The lowest BCUT2D eigenvalue weighted by Gasteiger charge is -2.41.